The van der Waals surface area contributed by atoms with Crippen molar-refractivity contribution in [2.75, 3.05) is 36.3 Å². The van der Waals surface area contributed by atoms with Crippen molar-refractivity contribution in [3.63, 3.8) is 0 Å². The van der Waals surface area contributed by atoms with Crippen LogP contribution in [0.15, 0.2) is 66.7 Å². The number of hydrogen-bond acceptors (Lipinski definition) is 5. The average molecular weight is 474 g/mol. The number of ether oxygens (including phenoxy) is 2. The largest absolute Gasteiger partial charge is 0.497 e. The van der Waals surface area contributed by atoms with Crippen LogP contribution in [0.25, 0.3) is 0 Å². The van der Waals surface area contributed by atoms with Gasteiger partial charge in [-0.25, -0.2) is 0 Å². The molecule has 0 spiro atoms. The van der Waals surface area contributed by atoms with Gasteiger partial charge in [-0.05, 0) is 79.6 Å². The molecule has 0 atom stereocenters. The van der Waals surface area contributed by atoms with Crippen LogP contribution in [-0.4, -0.2) is 38.5 Å². The van der Waals surface area contributed by atoms with Gasteiger partial charge in [-0.3, -0.25) is 14.4 Å². The first-order chi connectivity index (χ1) is 17.0. The molecule has 1 heterocycles. The lowest BCUT2D eigenvalue weighted by Gasteiger charge is -2.26. The second-order valence-corrected chi connectivity index (χ2v) is 8.10. The fraction of sp³-hybridized carbons (Fsp3) is 0.222. The van der Waals surface area contributed by atoms with Crippen molar-refractivity contribution < 1.29 is 23.9 Å². The summed E-state index contributed by atoms with van der Waals surface area (Å²) in [6.07, 6.45) is 2.42. The van der Waals surface area contributed by atoms with E-state index in [9.17, 15) is 14.4 Å². The minimum Gasteiger partial charge on any atom is -0.497 e. The second kappa shape index (κ2) is 10.7. The van der Waals surface area contributed by atoms with Gasteiger partial charge in [0.15, 0.2) is 0 Å². The second-order valence-electron chi connectivity index (χ2n) is 8.10. The lowest BCUT2D eigenvalue weighted by Crippen LogP contribution is -2.35. The van der Waals surface area contributed by atoms with Gasteiger partial charge >= 0.3 is 0 Å². The summed E-state index contributed by atoms with van der Waals surface area (Å²) in [5.41, 5.74) is 2.37. The normalized spacial score (nSPS) is 13.2. The molecule has 4 rings (SSSR count). The third-order valence-electron chi connectivity index (χ3n) is 5.83. The van der Waals surface area contributed by atoms with Gasteiger partial charge in [0.1, 0.15) is 11.5 Å². The molecule has 0 bridgehead atoms. The molecule has 0 unspecified atom stereocenters. The molecule has 180 valence electrons. The lowest BCUT2D eigenvalue weighted by atomic mass is 10.1. The number of methoxy groups -OCH3 is 2. The van der Waals surface area contributed by atoms with E-state index in [1.807, 2.05) is 0 Å². The molecule has 35 heavy (non-hydrogen) atoms. The van der Waals surface area contributed by atoms with Gasteiger partial charge in [0.2, 0.25) is 5.91 Å². The predicted molar refractivity (Wildman–Crippen MR) is 135 cm³/mol. The maximum absolute atomic E-state index is 13.0. The number of carbonyl (C=O) groups excluding carboxylic acids is 3. The third kappa shape index (κ3) is 5.60. The number of anilines is 3. The quantitative estimate of drug-likeness (QED) is 0.517. The number of nitrogens with one attached hydrogen (secondary N) is 2. The molecule has 0 radical (unpaired) electrons. The first-order valence-corrected chi connectivity index (χ1v) is 11.3. The summed E-state index contributed by atoms with van der Waals surface area (Å²) in [5, 5.41) is 5.64. The van der Waals surface area contributed by atoms with Crippen molar-refractivity contribution in [1.29, 1.82) is 0 Å². The van der Waals surface area contributed by atoms with Crippen molar-refractivity contribution in [2.45, 2.75) is 19.3 Å². The number of carbonyl (C=O) groups is 3. The number of piperidine rings is 1. The molecule has 3 aromatic carbocycles. The van der Waals surface area contributed by atoms with E-state index in [-0.39, 0.29) is 17.4 Å². The average Bonchev–Trinajstić information content (AvgIpc) is 2.89. The smallest absolute Gasteiger partial charge is 0.257 e. The zero-order valence-electron chi connectivity index (χ0n) is 19.7. The minimum absolute atomic E-state index is 0.0965. The summed E-state index contributed by atoms with van der Waals surface area (Å²) >= 11 is 0. The molecule has 3 amide bonds. The van der Waals surface area contributed by atoms with Crippen molar-refractivity contribution >= 4 is 34.8 Å². The topological polar surface area (TPSA) is 97.0 Å². The Balaban J connectivity index is 1.51. The molecule has 8 nitrogen and oxygen atoms in total. The van der Waals surface area contributed by atoms with Crippen molar-refractivity contribution in [3.05, 3.63) is 77.9 Å². The van der Waals surface area contributed by atoms with Gasteiger partial charge in [0.25, 0.3) is 11.8 Å². The van der Waals surface area contributed by atoms with Gasteiger partial charge in [-0.2, -0.15) is 0 Å². The van der Waals surface area contributed by atoms with E-state index < -0.39 is 5.91 Å². The molecule has 1 fully saturated rings. The predicted octanol–water partition coefficient (Wildman–Crippen LogP) is 4.73. The highest BCUT2D eigenvalue weighted by Crippen LogP contribution is 2.26. The zero-order valence-corrected chi connectivity index (χ0v) is 19.7. The van der Waals surface area contributed by atoms with Crippen LogP contribution in [0, 0.1) is 0 Å². The summed E-state index contributed by atoms with van der Waals surface area (Å²) in [5.74, 6) is 0.485. The molecule has 0 saturated carbocycles. The van der Waals surface area contributed by atoms with Crippen LogP contribution in [0.2, 0.25) is 0 Å². The number of hydrogen-bond donors (Lipinski definition) is 2. The van der Waals surface area contributed by atoms with E-state index in [4.69, 9.17) is 9.47 Å². The summed E-state index contributed by atoms with van der Waals surface area (Å²) in [6.45, 7) is 0.683. The zero-order chi connectivity index (χ0) is 24.8. The van der Waals surface area contributed by atoms with E-state index in [0.29, 0.717) is 41.4 Å². The van der Waals surface area contributed by atoms with E-state index in [1.165, 1.54) is 7.11 Å². The minimum atomic E-state index is -0.400. The molecule has 1 saturated heterocycles. The summed E-state index contributed by atoms with van der Waals surface area (Å²) < 4.78 is 10.4. The van der Waals surface area contributed by atoms with Crippen LogP contribution in [0.3, 0.4) is 0 Å². The molecule has 8 heteroatoms. The van der Waals surface area contributed by atoms with Crippen molar-refractivity contribution in [2.24, 2.45) is 0 Å². The van der Waals surface area contributed by atoms with E-state index in [0.717, 1.165) is 18.5 Å². The van der Waals surface area contributed by atoms with Gasteiger partial charge in [0, 0.05) is 29.9 Å². The maximum atomic E-state index is 13.0. The van der Waals surface area contributed by atoms with Crippen LogP contribution in [0.4, 0.5) is 17.1 Å². The Bertz CT molecular complexity index is 1220. The van der Waals surface area contributed by atoms with Crippen LogP contribution in [0.5, 0.6) is 11.5 Å². The molecule has 3 aromatic rings. The molecular formula is C27H27N3O5. The van der Waals surface area contributed by atoms with Crippen molar-refractivity contribution in [3.8, 4) is 11.5 Å². The number of amides is 3. The Labute approximate surface area is 203 Å². The van der Waals surface area contributed by atoms with E-state index >= 15 is 0 Å². The number of rotatable bonds is 7. The van der Waals surface area contributed by atoms with Crippen LogP contribution in [0.1, 0.15) is 40.0 Å². The molecule has 2 N–H and O–H groups in total. The van der Waals surface area contributed by atoms with Crippen LogP contribution >= 0.6 is 0 Å². The SMILES string of the molecule is COc1ccc(NC(=O)c2cc(OC)ccc2NC(=O)c2ccc(N3CCCCC3=O)cc2)cc1. The highest BCUT2D eigenvalue weighted by atomic mass is 16.5. The molecule has 0 aromatic heterocycles. The first kappa shape index (κ1) is 23.8. The monoisotopic (exact) mass is 473 g/mol. The van der Waals surface area contributed by atoms with Crippen LogP contribution < -0.4 is 25.0 Å². The van der Waals surface area contributed by atoms with Gasteiger partial charge in [0.05, 0.1) is 25.5 Å². The van der Waals surface area contributed by atoms with E-state index in [2.05, 4.69) is 10.6 Å². The summed E-state index contributed by atoms with van der Waals surface area (Å²) in [6, 6.07) is 18.7. The Morgan fingerprint density at radius 3 is 2.14 bits per heavy atom. The Hall–Kier alpha value is -4.33. The van der Waals surface area contributed by atoms with Gasteiger partial charge < -0.3 is 25.0 Å². The van der Waals surface area contributed by atoms with E-state index in [1.54, 1.807) is 78.7 Å². The highest BCUT2D eigenvalue weighted by Gasteiger charge is 2.20. The molecular weight excluding hydrogens is 446 g/mol. The summed E-state index contributed by atoms with van der Waals surface area (Å²) in [4.78, 5) is 39.9. The Morgan fingerprint density at radius 1 is 0.800 bits per heavy atom. The third-order valence-corrected chi connectivity index (χ3v) is 5.83. The lowest BCUT2D eigenvalue weighted by molar-refractivity contribution is -0.119. The maximum Gasteiger partial charge on any atom is 0.257 e. The Morgan fingerprint density at radius 2 is 1.49 bits per heavy atom. The standard InChI is InChI=1S/C27H27N3O5/c1-34-21-12-8-19(9-13-21)28-27(33)23-17-22(35-2)14-15-24(23)29-26(32)18-6-10-20(11-7-18)30-16-4-3-5-25(30)31/h6-15,17H,3-5,16H2,1-2H3,(H,28,33)(H,29,32). The Kier molecular flexibility index (Phi) is 7.30. The fourth-order valence-corrected chi connectivity index (χ4v) is 3.89. The van der Waals surface area contributed by atoms with Crippen LogP contribution in [-0.2, 0) is 4.79 Å². The van der Waals surface area contributed by atoms with Gasteiger partial charge in [-0.1, -0.05) is 0 Å². The summed E-state index contributed by atoms with van der Waals surface area (Å²) in [7, 11) is 3.08. The first-order valence-electron chi connectivity index (χ1n) is 11.3. The molecule has 1 aliphatic heterocycles. The number of nitrogens with zero attached hydrogens (tertiary/aromatic N) is 1. The molecule has 1 aliphatic rings. The highest BCUT2D eigenvalue weighted by molar-refractivity contribution is 6.13. The fourth-order valence-electron chi connectivity index (χ4n) is 3.89. The van der Waals surface area contributed by atoms with Crippen molar-refractivity contribution in [1.82, 2.24) is 0 Å². The number of benzene rings is 3. The van der Waals surface area contributed by atoms with Gasteiger partial charge in [-0.15, -0.1) is 0 Å². The molecule has 0 aliphatic carbocycles.